The summed E-state index contributed by atoms with van der Waals surface area (Å²) in [7, 11) is 1.53. The van der Waals surface area contributed by atoms with Gasteiger partial charge in [-0.1, -0.05) is 74.1 Å². The number of fused-ring (bicyclic) bond motifs is 3. The van der Waals surface area contributed by atoms with Gasteiger partial charge in [0.15, 0.2) is 17.3 Å². The zero-order valence-electron chi connectivity index (χ0n) is 38.7. The van der Waals surface area contributed by atoms with Gasteiger partial charge in [0.05, 0.1) is 25.1 Å². The summed E-state index contributed by atoms with van der Waals surface area (Å²) in [6.45, 7) is 3.81. The van der Waals surface area contributed by atoms with Gasteiger partial charge in [-0.15, -0.1) is 0 Å². The number of methoxy groups -OCH3 is 1. The van der Waals surface area contributed by atoms with Crippen molar-refractivity contribution in [2.45, 2.75) is 153 Å². The summed E-state index contributed by atoms with van der Waals surface area (Å²) >= 11 is 0. The third-order valence-electron chi connectivity index (χ3n) is 17.2. The average molecular weight is 882 g/mol. The number of rotatable bonds is 12. The molecule has 0 amide bonds. The molecule has 7 N–H and O–H groups in total. The summed E-state index contributed by atoms with van der Waals surface area (Å²) in [6, 6.07) is 18.8. The molecule has 1 spiro atoms. The van der Waals surface area contributed by atoms with E-state index in [1.807, 2.05) is 18.2 Å². The molecule has 2 heterocycles. The summed E-state index contributed by atoms with van der Waals surface area (Å²) in [5.74, 6) is 9.43. The fraction of sp³-hybridized carbons (Fsp3) is 0.571. The number of piperidine rings is 1. The second-order valence-corrected chi connectivity index (χ2v) is 20.8. The number of phenols is 1. The molecule has 0 aromatic heterocycles. The molecule has 3 saturated carbocycles. The fourth-order valence-corrected chi connectivity index (χ4v) is 13.4. The van der Waals surface area contributed by atoms with Crippen LogP contribution < -0.4 is 21.1 Å². The molecule has 3 aromatic carbocycles. The Hall–Kier alpha value is -4.62. The number of dihydropyridines is 1. The molecule has 4 fully saturated rings. The number of hydrogen-bond acceptors (Lipinski definition) is 9. The summed E-state index contributed by atoms with van der Waals surface area (Å²) < 4.78 is 5.55. The van der Waals surface area contributed by atoms with Crippen molar-refractivity contribution in [1.29, 1.82) is 0 Å². The molecule has 0 bridgehead atoms. The number of carbonyl (C=O) groups excluding carboxylic acids is 2. The highest BCUT2D eigenvalue weighted by Gasteiger charge is 2.51. The van der Waals surface area contributed by atoms with Crippen LogP contribution >= 0.6 is 0 Å². The van der Waals surface area contributed by atoms with Crippen LogP contribution in [0.25, 0.3) is 10.8 Å². The predicted octanol–water partition coefficient (Wildman–Crippen LogP) is 9.03. The Labute approximate surface area is 386 Å². The largest absolute Gasteiger partial charge is 0.504 e. The van der Waals surface area contributed by atoms with E-state index in [2.05, 4.69) is 65.8 Å². The van der Waals surface area contributed by atoms with E-state index < -0.39 is 17.6 Å². The number of aliphatic hydroxyl groups is 2. The highest BCUT2D eigenvalue weighted by atomic mass is 16.5. The number of phenolic OH excluding ortho intramolecular Hbond substituents is 1. The number of aliphatic hydroxyl groups excluding tert-OH is 2. The lowest BCUT2D eigenvalue weighted by molar-refractivity contribution is -0.135. The molecule has 0 radical (unpaired) electrons. The lowest BCUT2D eigenvalue weighted by atomic mass is 9.58. The van der Waals surface area contributed by atoms with Crippen molar-refractivity contribution >= 4 is 22.3 Å². The molecule has 9 atom stereocenters. The Kier molecular flexibility index (Phi) is 13.5. The van der Waals surface area contributed by atoms with Crippen molar-refractivity contribution < 1.29 is 29.6 Å². The van der Waals surface area contributed by atoms with E-state index in [0.717, 1.165) is 59.9 Å². The second kappa shape index (κ2) is 19.3. The normalized spacial score (nSPS) is 29.9. The molecular weight excluding hydrogens is 811 g/mol. The fourth-order valence-electron chi connectivity index (χ4n) is 13.4. The van der Waals surface area contributed by atoms with Gasteiger partial charge in [0.25, 0.3) is 0 Å². The van der Waals surface area contributed by atoms with E-state index >= 15 is 0 Å². The molecule has 6 aliphatic rings. The van der Waals surface area contributed by atoms with E-state index in [1.54, 1.807) is 6.07 Å². The SMILES string of the molecule is CCC1=C([C@H](C[C@H](O)CC[C@H]2C#C[C@@]3(CC[C@H](CC4([C@@H]5CN[C@@H]6CC(=O)CC[C@@H]6C5)CCCC4)C[C@H]3O)C(=O)CCc3cc(OC)c(O)cc32)c2ccc3ccccc3c2)C=C(N)NC1. The number of aromatic hydroxyl groups is 1. The molecule has 4 aliphatic carbocycles. The van der Waals surface area contributed by atoms with Crippen LogP contribution in [-0.2, 0) is 16.0 Å². The smallest absolute Gasteiger partial charge is 0.160 e. The molecule has 3 aromatic rings. The first-order valence-electron chi connectivity index (χ1n) is 25.0. The van der Waals surface area contributed by atoms with Crippen LogP contribution in [0.5, 0.6) is 11.5 Å². The molecule has 9 rings (SSSR count). The Morgan fingerprint density at radius 2 is 1.80 bits per heavy atom. The Bertz CT molecular complexity index is 2390. The summed E-state index contributed by atoms with van der Waals surface area (Å²) in [6.07, 6.45) is 15.0. The van der Waals surface area contributed by atoms with Crippen molar-refractivity contribution in [3.63, 3.8) is 0 Å². The van der Waals surface area contributed by atoms with Crippen LogP contribution in [0, 0.1) is 40.4 Å². The first-order chi connectivity index (χ1) is 31.5. The maximum atomic E-state index is 14.6. The van der Waals surface area contributed by atoms with E-state index in [4.69, 9.17) is 10.5 Å². The first-order valence-corrected chi connectivity index (χ1v) is 25.0. The summed E-state index contributed by atoms with van der Waals surface area (Å²) in [4.78, 5) is 26.8. The van der Waals surface area contributed by atoms with Gasteiger partial charge in [0, 0.05) is 43.7 Å². The lowest BCUT2D eigenvalue weighted by Gasteiger charge is -2.49. The van der Waals surface area contributed by atoms with Crippen molar-refractivity contribution in [3.8, 4) is 23.3 Å². The van der Waals surface area contributed by atoms with E-state index in [1.165, 1.54) is 50.2 Å². The maximum Gasteiger partial charge on any atom is 0.160 e. The number of nitrogens with two attached hydrogens (primary N) is 1. The zero-order valence-corrected chi connectivity index (χ0v) is 38.7. The second-order valence-electron chi connectivity index (χ2n) is 20.8. The summed E-state index contributed by atoms with van der Waals surface area (Å²) in [5.41, 5.74) is 10.8. The first kappa shape index (κ1) is 45.5. The molecule has 65 heavy (non-hydrogen) atoms. The highest BCUT2D eigenvalue weighted by Crippen LogP contribution is 2.55. The van der Waals surface area contributed by atoms with Crippen LogP contribution in [-0.4, -0.2) is 65.3 Å². The van der Waals surface area contributed by atoms with E-state index in [-0.39, 0.29) is 35.2 Å². The molecular formula is C56H71N3O6. The predicted molar refractivity (Wildman–Crippen MR) is 256 cm³/mol. The van der Waals surface area contributed by atoms with Crippen LogP contribution in [0.2, 0.25) is 0 Å². The van der Waals surface area contributed by atoms with Gasteiger partial charge in [-0.3, -0.25) is 9.59 Å². The van der Waals surface area contributed by atoms with Gasteiger partial charge in [0.2, 0.25) is 0 Å². The third-order valence-corrected chi connectivity index (χ3v) is 17.2. The summed E-state index contributed by atoms with van der Waals surface area (Å²) in [5, 5.41) is 44.9. The van der Waals surface area contributed by atoms with Gasteiger partial charge in [0.1, 0.15) is 11.2 Å². The minimum Gasteiger partial charge on any atom is -0.504 e. The number of carbonyl (C=O) groups is 2. The van der Waals surface area contributed by atoms with Crippen LogP contribution in [0.4, 0.5) is 0 Å². The van der Waals surface area contributed by atoms with Crippen molar-refractivity contribution in [2.24, 2.45) is 34.3 Å². The minimum atomic E-state index is -1.16. The number of allylic oxidation sites excluding steroid dienone is 2. The highest BCUT2D eigenvalue weighted by molar-refractivity contribution is 5.89. The standard InChI is InChI=1S/C56H71N3O6/c1-3-36-33-59-54(57)31-48(36)47(40-11-10-37-8-4-5-9-39(37)25-40)28-44(60)15-12-38-19-23-56(52(63)17-14-41-27-51(65-2)50(62)30-46(38)41)22-18-35(24-53(56)64)32-55(20-6-7-21-55)43-26-42-13-16-45(61)29-49(42)58-34-43/h4-5,8-11,25,27,30-31,35,38,42-44,47,49,53,58-60,62,64H,3,6-7,12-18,20-22,24,26,28-29,32-34,57H2,1-2H3/t35-,38-,42+,43-,44+,47+,49+,53+,56-/m0/s1. The maximum absolute atomic E-state index is 14.6. The van der Waals surface area contributed by atoms with Crippen LogP contribution in [0.15, 0.2) is 77.6 Å². The van der Waals surface area contributed by atoms with Gasteiger partial charge in [-0.05, 0) is 170 Å². The number of benzene rings is 3. The number of Topliss-reactive ketones (excluding diaryl/α,β-unsaturated/α-hetero) is 2. The Balaban J connectivity index is 0.961. The number of aryl methyl sites for hydroxylation is 1. The number of ketones is 2. The molecule has 1 saturated heterocycles. The van der Waals surface area contributed by atoms with Gasteiger partial charge >= 0.3 is 0 Å². The van der Waals surface area contributed by atoms with E-state index in [0.29, 0.717) is 99.1 Å². The molecule has 9 heteroatoms. The monoisotopic (exact) mass is 882 g/mol. The topological polar surface area (TPSA) is 154 Å². The van der Waals surface area contributed by atoms with Crippen molar-refractivity contribution in [1.82, 2.24) is 10.6 Å². The number of hydrogen-bond donors (Lipinski definition) is 6. The third kappa shape index (κ3) is 9.38. The van der Waals surface area contributed by atoms with Crippen LogP contribution in [0.1, 0.15) is 145 Å². The molecule has 0 unspecified atom stereocenters. The van der Waals surface area contributed by atoms with Crippen LogP contribution in [0.3, 0.4) is 0 Å². The minimum absolute atomic E-state index is 0.00731. The van der Waals surface area contributed by atoms with Gasteiger partial charge in [-0.2, -0.15) is 0 Å². The van der Waals surface area contributed by atoms with Crippen molar-refractivity contribution in [2.75, 3.05) is 20.2 Å². The van der Waals surface area contributed by atoms with Gasteiger partial charge < -0.3 is 36.4 Å². The quantitative estimate of drug-likeness (QED) is 0.0979. The molecule has 2 aliphatic heterocycles. The lowest BCUT2D eigenvalue weighted by Crippen LogP contribution is -2.53. The average Bonchev–Trinajstić information content (AvgIpc) is 3.81. The Morgan fingerprint density at radius 1 is 0.985 bits per heavy atom. The Morgan fingerprint density at radius 3 is 2.58 bits per heavy atom. The molecule has 346 valence electrons. The molecule has 9 nitrogen and oxygen atoms in total. The van der Waals surface area contributed by atoms with E-state index in [9.17, 15) is 24.9 Å². The van der Waals surface area contributed by atoms with Crippen molar-refractivity contribution in [3.05, 3.63) is 94.3 Å². The zero-order chi connectivity index (χ0) is 45.3. The number of ether oxygens (including phenoxy) is 1. The van der Waals surface area contributed by atoms with Gasteiger partial charge in [-0.25, -0.2) is 0 Å². The number of nitrogens with one attached hydrogen (secondary N) is 2.